The molecule has 0 aromatic carbocycles. The molecule has 0 fully saturated rings. The Morgan fingerprint density at radius 2 is 2.12 bits per heavy atom. The number of hydrogen-bond donors (Lipinski definition) is 2. The largest absolute Gasteiger partial charge is 0.337 e. The van der Waals surface area contributed by atoms with Gasteiger partial charge in [-0.2, -0.15) is 0 Å². The van der Waals surface area contributed by atoms with Crippen LogP contribution in [0, 0.1) is 6.92 Å². The zero-order valence-corrected chi connectivity index (χ0v) is 15.7. The predicted octanol–water partition coefficient (Wildman–Crippen LogP) is 3.48. The Labute approximate surface area is 156 Å². The number of hydrogen-bond acceptors (Lipinski definition) is 5. The van der Waals surface area contributed by atoms with Crippen molar-refractivity contribution >= 4 is 22.5 Å². The van der Waals surface area contributed by atoms with Crippen molar-refractivity contribution in [2.24, 2.45) is 0 Å². The van der Waals surface area contributed by atoms with Gasteiger partial charge >= 0.3 is 6.03 Å². The molecule has 2 N–H and O–H groups in total. The summed E-state index contributed by atoms with van der Waals surface area (Å²) in [6.07, 6.45) is 9.12. The lowest BCUT2D eigenvalue weighted by molar-refractivity contribution is 0.252. The number of pyridine rings is 1. The summed E-state index contributed by atoms with van der Waals surface area (Å²) in [7, 11) is 0. The van der Waals surface area contributed by atoms with Gasteiger partial charge in [0.15, 0.2) is 5.13 Å². The van der Waals surface area contributed by atoms with E-state index in [2.05, 4.69) is 37.1 Å². The number of anilines is 1. The molecule has 0 saturated carbocycles. The minimum absolute atomic E-state index is 0.256. The highest BCUT2D eigenvalue weighted by molar-refractivity contribution is 7.19. The van der Waals surface area contributed by atoms with Crippen LogP contribution in [0.2, 0.25) is 0 Å². The second-order valence-electron chi connectivity index (χ2n) is 5.90. The van der Waals surface area contributed by atoms with Crippen molar-refractivity contribution in [1.29, 1.82) is 0 Å². The van der Waals surface area contributed by atoms with Crippen molar-refractivity contribution in [3.05, 3.63) is 48.4 Å². The number of nitrogens with one attached hydrogen (secondary N) is 2. The van der Waals surface area contributed by atoms with Crippen LogP contribution in [0.4, 0.5) is 9.93 Å². The van der Waals surface area contributed by atoms with Gasteiger partial charge in [-0.05, 0) is 31.0 Å². The normalized spacial score (nSPS) is 10.7. The number of amides is 2. The summed E-state index contributed by atoms with van der Waals surface area (Å²) >= 11 is 1.45. The number of carbonyl (C=O) groups excluding carboxylic acids is 1. The fourth-order valence-electron chi connectivity index (χ4n) is 2.58. The molecular weight excluding hydrogens is 348 g/mol. The molecule has 3 aromatic heterocycles. The third-order valence-corrected chi connectivity index (χ3v) is 4.92. The molecule has 0 aliphatic rings. The number of aryl methyl sites for hydroxylation is 2. The molecule has 3 rings (SSSR count). The first kappa shape index (κ1) is 18.1. The van der Waals surface area contributed by atoms with Crippen LogP contribution < -0.4 is 10.6 Å². The molecule has 2 amide bonds. The average Bonchev–Trinajstić information content (AvgIpc) is 3.22. The Hall–Kier alpha value is -2.74. The Morgan fingerprint density at radius 1 is 1.31 bits per heavy atom. The van der Waals surface area contributed by atoms with E-state index < -0.39 is 0 Å². The summed E-state index contributed by atoms with van der Waals surface area (Å²) in [5.74, 6) is 0. The average molecular weight is 370 g/mol. The van der Waals surface area contributed by atoms with Crippen molar-refractivity contribution in [3.63, 3.8) is 0 Å². The lowest BCUT2D eigenvalue weighted by Crippen LogP contribution is -2.30. The van der Waals surface area contributed by atoms with Crippen LogP contribution in [-0.2, 0) is 13.0 Å². The number of aromatic nitrogens is 4. The van der Waals surface area contributed by atoms with E-state index in [9.17, 15) is 4.79 Å². The summed E-state index contributed by atoms with van der Waals surface area (Å²) in [6, 6.07) is 3.61. The monoisotopic (exact) mass is 370 g/mol. The Morgan fingerprint density at radius 3 is 2.88 bits per heavy atom. The van der Waals surface area contributed by atoms with Crippen LogP contribution in [0.15, 0.2) is 37.1 Å². The van der Waals surface area contributed by atoms with Gasteiger partial charge in [0.05, 0.1) is 22.6 Å². The van der Waals surface area contributed by atoms with Gasteiger partial charge in [-0.3, -0.25) is 10.3 Å². The van der Waals surface area contributed by atoms with Crippen molar-refractivity contribution in [3.8, 4) is 10.4 Å². The molecule has 3 heterocycles. The maximum atomic E-state index is 12.1. The summed E-state index contributed by atoms with van der Waals surface area (Å²) in [5, 5.41) is 6.23. The maximum Gasteiger partial charge on any atom is 0.321 e. The standard InChI is InChI=1S/C18H22N6OS/c1-3-10-24-11-15(21-12-24)6-9-20-17(25)23-18-22-13(2)16(26-18)14-4-7-19-8-5-14/h4-5,7-8,11-12H,3,6,9-10H2,1-2H3,(H2,20,22,23,25). The first-order valence-electron chi connectivity index (χ1n) is 8.59. The predicted molar refractivity (Wildman–Crippen MR) is 103 cm³/mol. The Bertz CT molecular complexity index is 858. The van der Waals surface area contributed by atoms with Gasteiger partial charge in [-0.25, -0.2) is 14.8 Å². The van der Waals surface area contributed by atoms with Gasteiger partial charge in [0, 0.05) is 38.1 Å². The second-order valence-corrected chi connectivity index (χ2v) is 6.90. The molecule has 0 atom stereocenters. The molecule has 0 bridgehead atoms. The molecule has 8 heteroatoms. The van der Waals surface area contributed by atoms with Crippen LogP contribution >= 0.6 is 11.3 Å². The number of imidazole rings is 1. The van der Waals surface area contributed by atoms with Gasteiger partial charge in [-0.1, -0.05) is 18.3 Å². The van der Waals surface area contributed by atoms with Crippen molar-refractivity contribution in [2.75, 3.05) is 11.9 Å². The second kappa shape index (κ2) is 8.57. The number of rotatable bonds is 7. The number of thiazole rings is 1. The quantitative estimate of drug-likeness (QED) is 0.667. The van der Waals surface area contributed by atoms with Gasteiger partial charge in [-0.15, -0.1) is 0 Å². The summed E-state index contributed by atoms with van der Waals surface area (Å²) in [4.78, 5) is 25.9. The van der Waals surface area contributed by atoms with Gasteiger partial charge in [0.25, 0.3) is 0 Å². The third-order valence-electron chi connectivity index (χ3n) is 3.79. The number of nitrogens with zero attached hydrogens (tertiary/aromatic N) is 4. The molecule has 7 nitrogen and oxygen atoms in total. The molecule has 136 valence electrons. The van der Waals surface area contributed by atoms with Crippen molar-refractivity contribution in [2.45, 2.75) is 33.2 Å². The smallest absolute Gasteiger partial charge is 0.321 e. The van der Waals surface area contributed by atoms with Gasteiger partial charge in [0.1, 0.15) is 0 Å². The first-order chi connectivity index (χ1) is 12.7. The minimum Gasteiger partial charge on any atom is -0.337 e. The van der Waals surface area contributed by atoms with Crippen LogP contribution in [0.5, 0.6) is 0 Å². The van der Waals surface area contributed by atoms with Crippen LogP contribution in [0.1, 0.15) is 24.7 Å². The van der Waals surface area contributed by atoms with E-state index >= 15 is 0 Å². The van der Waals surface area contributed by atoms with Crippen molar-refractivity contribution < 1.29 is 4.79 Å². The molecule has 0 saturated heterocycles. The summed E-state index contributed by atoms with van der Waals surface area (Å²) in [5.41, 5.74) is 2.91. The molecule has 3 aromatic rings. The van der Waals surface area contributed by atoms with E-state index in [1.165, 1.54) is 11.3 Å². The topological polar surface area (TPSA) is 84.7 Å². The van der Waals surface area contributed by atoms with E-state index in [-0.39, 0.29) is 6.03 Å². The van der Waals surface area contributed by atoms with Crippen molar-refractivity contribution in [1.82, 2.24) is 24.8 Å². The van der Waals surface area contributed by atoms with Crippen LogP contribution in [-0.4, -0.2) is 32.1 Å². The van der Waals surface area contributed by atoms with E-state index in [1.54, 1.807) is 12.4 Å². The molecule has 0 unspecified atom stereocenters. The third kappa shape index (κ3) is 4.66. The Balaban J connectivity index is 1.50. The SMILES string of the molecule is CCCn1cnc(CCNC(=O)Nc2nc(C)c(-c3ccncc3)s2)c1. The lowest BCUT2D eigenvalue weighted by atomic mass is 10.2. The highest BCUT2D eigenvalue weighted by atomic mass is 32.1. The zero-order valence-electron chi connectivity index (χ0n) is 14.9. The van der Waals surface area contributed by atoms with E-state index in [1.807, 2.05) is 31.6 Å². The zero-order chi connectivity index (χ0) is 18.4. The molecule has 0 aliphatic heterocycles. The highest BCUT2D eigenvalue weighted by Gasteiger charge is 2.11. The number of urea groups is 1. The summed E-state index contributed by atoms with van der Waals surface area (Å²) in [6.45, 7) is 5.55. The fraction of sp³-hybridized carbons (Fsp3) is 0.333. The molecule has 0 radical (unpaired) electrons. The van der Waals surface area contributed by atoms with Gasteiger partial charge in [0.2, 0.25) is 0 Å². The molecular formula is C18H22N6OS. The van der Waals surface area contributed by atoms with E-state index in [0.717, 1.165) is 34.8 Å². The molecule has 26 heavy (non-hydrogen) atoms. The highest BCUT2D eigenvalue weighted by Crippen LogP contribution is 2.32. The minimum atomic E-state index is -0.256. The van der Waals surface area contributed by atoms with Gasteiger partial charge < -0.3 is 9.88 Å². The summed E-state index contributed by atoms with van der Waals surface area (Å²) < 4.78 is 2.06. The number of carbonyl (C=O) groups is 1. The first-order valence-corrected chi connectivity index (χ1v) is 9.40. The molecule has 0 aliphatic carbocycles. The van der Waals surface area contributed by atoms with E-state index in [0.29, 0.717) is 18.1 Å². The molecule has 0 spiro atoms. The lowest BCUT2D eigenvalue weighted by Gasteiger charge is -2.04. The maximum absolute atomic E-state index is 12.1. The Kier molecular flexibility index (Phi) is 5.96. The fourth-order valence-corrected chi connectivity index (χ4v) is 3.55. The van der Waals surface area contributed by atoms with E-state index in [4.69, 9.17) is 0 Å². The van der Waals surface area contributed by atoms with Crippen LogP contribution in [0.25, 0.3) is 10.4 Å². The van der Waals surface area contributed by atoms with Crippen LogP contribution in [0.3, 0.4) is 0 Å².